The highest BCUT2D eigenvalue weighted by molar-refractivity contribution is 7.99. The van der Waals surface area contributed by atoms with Gasteiger partial charge in [-0.1, -0.05) is 57.7 Å². The number of carbonyl (C=O) groups is 2. The molecule has 36 heavy (non-hydrogen) atoms. The van der Waals surface area contributed by atoms with Gasteiger partial charge in [-0.05, 0) is 53.9 Å². The van der Waals surface area contributed by atoms with Gasteiger partial charge in [-0.25, -0.2) is 0 Å². The number of rotatable bonds is 9. The van der Waals surface area contributed by atoms with E-state index in [-0.39, 0.29) is 23.4 Å². The van der Waals surface area contributed by atoms with Crippen molar-refractivity contribution in [1.29, 1.82) is 0 Å². The van der Waals surface area contributed by atoms with Crippen molar-refractivity contribution in [3.63, 3.8) is 0 Å². The topological polar surface area (TPSA) is 89.8 Å². The molecule has 0 fully saturated rings. The standard InChI is InChI=1S/C28H29N5O2S/c1-18(2)23-9-5-6-10-24(23)33-26(21-8-7-15-29-16-21)31-32-28(33)36-17-25(34)20-11-13-22(14-12-20)30-27(35)19(3)4/h5-16,18-19H,17H2,1-4H3,(H,30,35). The van der Waals surface area contributed by atoms with Gasteiger partial charge in [0.2, 0.25) is 5.91 Å². The Bertz CT molecular complexity index is 1350. The zero-order valence-electron chi connectivity index (χ0n) is 20.8. The van der Waals surface area contributed by atoms with E-state index in [4.69, 9.17) is 0 Å². The lowest BCUT2D eigenvalue weighted by Crippen LogP contribution is -2.17. The van der Waals surface area contributed by atoms with Crippen molar-refractivity contribution < 1.29 is 9.59 Å². The number of pyridine rings is 1. The number of Topliss-reactive ketones (excluding diaryl/α,β-unsaturated/α-hetero) is 1. The SMILES string of the molecule is CC(C)C(=O)Nc1ccc(C(=O)CSc2nnc(-c3cccnc3)n2-c2ccccc2C(C)C)cc1. The number of carbonyl (C=O) groups excluding carboxylic acids is 2. The first-order chi connectivity index (χ1) is 17.3. The zero-order chi connectivity index (χ0) is 25.7. The first kappa shape index (κ1) is 25.3. The Morgan fingerprint density at radius 2 is 1.69 bits per heavy atom. The molecule has 2 heterocycles. The maximum Gasteiger partial charge on any atom is 0.226 e. The Hall–Kier alpha value is -3.78. The van der Waals surface area contributed by atoms with Crippen LogP contribution in [0.2, 0.25) is 0 Å². The molecule has 184 valence electrons. The molecule has 0 unspecified atom stereocenters. The van der Waals surface area contributed by atoms with E-state index >= 15 is 0 Å². The molecule has 0 aliphatic heterocycles. The van der Waals surface area contributed by atoms with Crippen LogP contribution < -0.4 is 5.32 Å². The summed E-state index contributed by atoms with van der Waals surface area (Å²) in [6.07, 6.45) is 3.48. The fourth-order valence-corrected chi connectivity index (χ4v) is 4.52. The molecule has 0 aliphatic rings. The number of benzene rings is 2. The van der Waals surface area contributed by atoms with Gasteiger partial charge in [0.25, 0.3) is 0 Å². The van der Waals surface area contributed by atoms with Gasteiger partial charge in [-0.3, -0.25) is 19.1 Å². The van der Waals surface area contributed by atoms with Crippen LogP contribution in [0.25, 0.3) is 17.1 Å². The summed E-state index contributed by atoms with van der Waals surface area (Å²) in [4.78, 5) is 29.1. The Morgan fingerprint density at radius 1 is 0.944 bits per heavy atom. The summed E-state index contributed by atoms with van der Waals surface area (Å²) in [5.41, 5.74) is 4.24. The van der Waals surface area contributed by atoms with Crippen LogP contribution >= 0.6 is 11.8 Å². The maximum atomic E-state index is 13.0. The molecule has 0 spiro atoms. The number of aromatic nitrogens is 4. The maximum absolute atomic E-state index is 13.0. The molecule has 2 aromatic carbocycles. The first-order valence-corrected chi connectivity index (χ1v) is 12.9. The van der Waals surface area contributed by atoms with Crippen molar-refractivity contribution >= 4 is 29.1 Å². The van der Waals surface area contributed by atoms with Crippen LogP contribution in [0.15, 0.2) is 78.2 Å². The number of ketones is 1. The van der Waals surface area contributed by atoms with Crippen LogP contribution in [0, 0.1) is 5.92 Å². The second kappa shape index (κ2) is 11.3. The molecule has 4 rings (SSSR count). The number of amides is 1. The highest BCUT2D eigenvalue weighted by Gasteiger charge is 2.20. The van der Waals surface area contributed by atoms with Crippen LogP contribution in [0.1, 0.15) is 49.5 Å². The monoisotopic (exact) mass is 499 g/mol. The lowest BCUT2D eigenvalue weighted by molar-refractivity contribution is -0.118. The average molecular weight is 500 g/mol. The number of para-hydroxylation sites is 1. The van der Waals surface area contributed by atoms with Crippen molar-refractivity contribution in [1.82, 2.24) is 19.7 Å². The highest BCUT2D eigenvalue weighted by Crippen LogP contribution is 2.32. The van der Waals surface area contributed by atoms with Crippen LogP contribution in [0.4, 0.5) is 5.69 Å². The quantitative estimate of drug-likeness (QED) is 0.224. The summed E-state index contributed by atoms with van der Waals surface area (Å²) < 4.78 is 2.01. The second-order valence-electron chi connectivity index (χ2n) is 9.03. The minimum absolute atomic E-state index is 0.0311. The molecule has 0 aliphatic carbocycles. The molecular weight excluding hydrogens is 470 g/mol. The van der Waals surface area contributed by atoms with Gasteiger partial charge in [0.15, 0.2) is 16.8 Å². The summed E-state index contributed by atoms with van der Waals surface area (Å²) in [7, 11) is 0. The van der Waals surface area contributed by atoms with Crippen molar-refractivity contribution in [2.75, 3.05) is 11.1 Å². The third-order valence-corrected chi connectivity index (χ3v) is 6.61. The molecule has 0 bridgehead atoms. The third-order valence-electron chi connectivity index (χ3n) is 5.68. The van der Waals surface area contributed by atoms with Gasteiger partial charge in [0.05, 0.1) is 11.4 Å². The van der Waals surface area contributed by atoms with E-state index in [0.717, 1.165) is 16.8 Å². The normalized spacial score (nSPS) is 11.2. The fourth-order valence-electron chi connectivity index (χ4n) is 3.68. The first-order valence-electron chi connectivity index (χ1n) is 11.9. The molecule has 2 aromatic heterocycles. The summed E-state index contributed by atoms with van der Waals surface area (Å²) >= 11 is 1.35. The molecule has 0 radical (unpaired) electrons. The number of anilines is 1. The smallest absolute Gasteiger partial charge is 0.226 e. The van der Waals surface area contributed by atoms with Gasteiger partial charge >= 0.3 is 0 Å². The Morgan fingerprint density at radius 3 is 2.36 bits per heavy atom. The van der Waals surface area contributed by atoms with E-state index in [1.807, 2.05) is 42.7 Å². The lowest BCUT2D eigenvalue weighted by atomic mass is 10.0. The van der Waals surface area contributed by atoms with Crippen LogP contribution in [0.3, 0.4) is 0 Å². The molecule has 0 saturated carbocycles. The minimum Gasteiger partial charge on any atom is -0.326 e. The number of nitrogens with zero attached hydrogens (tertiary/aromatic N) is 4. The highest BCUT2D eigenvalue weighted by atomic mass is 32.2. The summed E-state index contributed by atoms with van der Waals surface area (Å²) in [6.45, 7) is 7.97. The summed E-state index contributed by atoms with van der Waals surface area (Å²) in [6, 6.07) is 19.0. The molecule has 7 nitrogen and oxygen atoms in total. The van der Waals surface area contributed by atoms with Crippen LogP contribution in [0.5, 0.6) is 0 Å². The predicted molar refractivity (Wildman–Crippen MR) is 144 cm³/mol. The van der Waals surface area contributed by atoms with E-state index in [2.05, 4.69) is 46.5 Å². The molecular formula is C28H29N5O2S. The van der Waals surface area contributed by atoms with E-state index < -0.39 is 0 Å². The second-order valence-corrected chi connectivity index (χ2v) is 9.97. The molecule has 1 amide bonds. The minimum atomic E-state index is -0.113. The van der Waals surface area contributed by atoms with Gasteiger partial charge < -0.3 is 5.32 Å². The lowest BCUT2D eigenvalue weighted by Gasteiger charge is -2.16. The van der Waals surface area contributed by atoms with Gasteiger partial charge in [-0.15, -0.1) is 10.2 Å². The van der Waals surface area contributed by atoms with E-state index in [9.17, 15) is 9.59 Å². The van der Waals surface area contributed by atoms with Crippen molar-refractivity contribution in [3.8, 4) is 17.1 Å². The molecule has 1 N–H and O–H groups in total. The predicted octanol–water partition coefficient (Wildman–Crippen LogP) is 6.02. The van der Waals surface area contributed by atoms with Crippen molar-refractivity contribution in [2.45, 2.75) is 38.8 Å². The zero-order valence-corrected chi connectivity index (χ0v) is 21.6. The Labute approximate surface area is 215 Å². The average Bonchev–Trinajstić information content (AvgIpc) is 3.32. The number of hydrogen-bond acceptors (Lipinski definition) is 6. The number of nitrogens with one attached hydrogen (secondary N) is 1. The largest absolute Gasteiger partial charge is 0.326 e. The van der Waals surface area contributed by atoms with Crippen LogP contribution in [-0.4, -0.2) is 37.2 Å². The van der Waals surface area contributed by atoms with Gasteiger partial charge in [-0.2, -0.15) is 0 Å². The molecule has 0 saturated heterocycles. The van der Waals surface area contributed by atoms with Gasteiger partial charge in [0.1, 0.15) is 0 Å². The Balaban J connectivity index is 1.60. The van der Waals surface area contributed by atoms with Gasteiger partial charge in [0, 0.05) is 35.1 Å². The molecule has 4 aromatic rings. The number of thioether (sulfide) groups is 1. The number of hydrogen-bond donors (Lipinski definition) is 1. The fraction of sp³-hybridized carbons (Fsp3) is 0.250. The third kappa shape index (κ3) is 5.71. The molecule has 8 heteroatoms. The van der Waals surface area contributed by atoms with Crippen molar-refractivity contribution in [2.24, 2.45) is 5.92 Å². The van der Waals surface area contributed by atoms with Crippen LogP contribution in [-0.2, 0) is 4.79 Å². The molecule has 0 atom stereocenters. The Kier molecular flexibility index (Phi) is 7.95. The van der Waals surface area contributed by atoms with E-state index in [1.165, 1.54) is 11.8 Å². The van der Waals surface area contributed by atoms with E-state index in [1.54, 1.807) is 36.7 Å². The summed E-state index contributed by atoms with van der Waals surface area (Å²) in [5.74, 6) is 0.965. The van der Waals surface area contributed by atoms with Crippen molar-refractivity contribution in [3.05, 3.63) is 84.2 Å². The van der Waals surface area contributed by atoms with E-state index in [0.29, 0.717) is 28.1 Å². The summed E-state index contributed by atoms with van der Waals surface area (Å²) in [5, 5.41) is 12.4.